The predicted octanol–water partition coefficient (Wildman–Crippen LogP) is 3.91. The number of nitrogens with zero attached hydrogens (tertiary/aromatic N) is 1. The Morgan fingerprint density at radius 1 is 1.07 bits per heavy atom. The standard InChI is InChI=1S/C22H25N3OS/c1-4-16-9-10-20-18(11-16)12-19(21(26)24-20)14-25(22(27)23-3)13-17-7-5-15(2)6-8-17/h5-12H,4,13-14H2,1-3H3,(H,23,27)(H,24,26). The molecule has 0 amide bonds. The van der Waals surface area contributed by atoms with E-state index >= 15 is 0 Å². The van der Waals surface area contributed by atoms with Crippen LogP contribution >= 0.6 is 12.2 Å². The maximum Gasteiger partial charge on any atom is 0.253 e. The molecule has 0 saturated heterocycles. The van der Waals surface area contributed by atoms with Gasteiger partial charge in [-0.05, 0) is 60.3 Å². The van der Waals surface area contributed by atoms with Crippen molar-refractivity contribution in [1.29, 1.82) is 0 Å². The van der Waals surface area contributed by atoms with Crippen LogP contribution in [0.5, 0.6) is 0 Å². The van der Waals surface area contributed by atoms with Crippen molar-refractivity contribution >= 4 is 28.2 Å². The van der Waals surface area contributed by atoms with Crippen molar-refractivity contribution in [1.82, 2.24) is 15.2 Å². The third-order valence-electron chi connectivity index (χ3n) is 4.75. The molecule has 0 spiro atoms. The molecule has 0 atom stereocenters. The monoisotopic (exact) mass is 379 g/mol. The highest BCUT2D eigenvalue weighted by Crippen LogP contribution is 2.16. The Labute approximate surface area is 165 Å². The smallest absolute Gasteiger partial charge is 0.253 e. The number of hydrogen-bond donors (Lipinski definition) is 2. The first-order valence-corrected chi connectivity index (χ1v) is 9.58. The Kier molecular flexibility index (Phi) is 5.91. The molecule has 1 aromatic heterocycles. The zero-order valence-electron chi connectivity index (χ0n) is 16.0. The lowest BCUT2D eigenvalue weighted by Crippen LogP contribution is -2.38. The lowest BCUT2D eigenvalue weighted by Gasteiger charge is -2.25. The van der Waals surface area contributed by atoms with Gasteiger partial charge in [0, 0.05) is 24.7 Å². The van der Waals surface area contributed by atoms with Gasteiger partial charge in [0.25, 0.3) is 5.56 Å². The summed E-state index contributed by atoms with van der Waals surface area (Å²) >= 11 is 5.48. The van der Waals surface area contributed by atoms with Gasteiger partial charge < -0.3 is 15.2 Å². The zero-order valence-corrected chi connectivity index (χ0v) is 16.8. The molecular weight excluding hydrogens is 354 g/mol. The molecule has 0 fully saturated rings. The van der Waals surface area contributed by atoms with Crippen LogP contribution in [0.4, 0.5) is 0 Å². The van der Waals surface area contributed by atoms with E-state index in [1.54, 1.807) is 0 Å². The fourth-order valence-corrected chi connectivity index (χ4v) is 3.24. The van der Waals surface area contributed by atoms with Crippen LogP contribution in [0.15, 0.2) is 53.3 Å². The fraction of sp³-hybridized carbons (Fsp3) is 0.273. The summed E-state index contributed by atoms with van der Waals surface area (Å²) in [5.74, 6) is 0. The van der Waals surface area contributed by atoms with Crippen LogP contribution in [-0.4, -0.2) is 22.0 Å². The third kappa shape index (κ3) is 4.55. The average Bonchev–Trinajstić information content (AvgIpc) is 2.68. The first kappa shape index (κ1) is 19.1. The van der Waals surface area contributed by atoms with Gasteiger partial charge in [-0.1, -0.05) is 42.8 Å². The summed E-state index contributed by atoms with van der Waals surface area (Å²) in [6, 6.07) is 16.5. The van der Waals surface area contributed by atoms with Crippen LogP contribution in [0.2, 0.25) is 0 Å². The van der Waals surface area contributed by atoms with Crippen molar-refractivity contribution in [3.8, 4) is 0 Å². The SMILES string of the molecule is CCc1ccc2[nH]c(=O)c(CN(Cc3ccc(C)cc3)C(=S)NC)cc2c1. The highest BCUT2D eigenvalue weighted by Gasteiger charge is 2.13. The van der Waals surface area contributed by atoms with Crippen LogP contribution in [0.25, 0.3) is 10.9 Å². The fourth-order valence-electron chi connectivity index (χ4n) is 3.12. The van der Waals surface area contributed by atoms with Crippen molar-refractivity contribution in [2.75, 3.05) is 7.05 Å². The van der Waals surface area contributed by atoms with Crippen LogP contribution in [0.1, 0.15) is 29.2 Å². The van der Waals surface area contributed by atoms with E-state index in [-0.39, 0.29) is 5.56 Å². The molecule has 140 valence electrons. The molecule has 0 radical (unpaired) electrons. The molecule has 0 unspecified atom stereocenters. The minimum atomic E-state index is -0.0699. The second-order valence-corrected chi connectivity index (χ2v) is 7.18. The summed E-state index contributed by atoms with van der Waals surface area (Å²) in [7, 11) is 1.81. The van der Waals surface area contributed by atoms with Crippen molar-refractivity contribution in [2.24, 2.45) is 0 Å². The van der Waals surface area contributed by atoms with Gasteiger partial charge in [0.2, 0.25) is 0 Å². The Morgan fingerprint density at radius 2 is 1.78 bits per heavy atom. The number of fused-ring (bicyclic) bond motifs is 1. The zero-order chi connectivity index (χ0) is 19.4. The first-order valence-electron chi connectivity index (χ1n) is 9.17. The largest absolute Gasteiger partial charge is 0.366 e. The number of aromatic amines is 1. The first-order chi connectivity index (χ1) is 13.0. The van der Waals surface area contributed by atoms with Crippen molar-refractivity contribution in [3.05, 3.63) is 81.1 Å². The average molecular weight is 380 g/mol. The van der Waals surface area contributed by atoms with E-state index in [0.29, 0.717) is 23.8 Å². The van der Waals surface area contributed by atoms with Crippen LogP contribution in [0, 0.1) is 6.92 Å². The van der Waals surface area contributed by atoms with Crippen molar-refractivity contribution < 1.29 is 0 Å². The number of thiocarbonyl (C=S) groups is 1. The Balaban J connectivity index is 1.92. The lowest BCUT2D eigenvalue weighted by molar-refractivity contribution is 0.401. The number of pyridine rings is 1. The molecule has 27 heavy (non-hydrogen) atoms. The lowest BCUT2D eigenvalue weighted by atomic mass is 10.1. The van der Waals surface area contributed by atoms with Crippen LogP contribution in [0.3, 0.4) is 0 Å². The van der Waals surface area contributed by atoms with Crippen molar-refractivity contribution in [3.63, 3.8) is 0 Å². The molecule has 0 saturated carbocycles. The second-order valence-electron chi connectivity index (χ2n) is 6.80. The number of benzene rings is 2. The van der Waals surface area contributed by atoms with E-state index in [9.17, 15) is 4.79 Å². The summed E-state index contributed by atoms with van der Waals surface area (Å²) in [5, 5.41) is 4.71. The summed E-state index contributed by atoms with van der Waals surface area (Å²) in [6.07, 6.45) is 0.966. The molecule has 0 aliphatic rings. The molecule has 2 aromatic carbocycles. The number of aromatic nitrogens is 1. The number of aryl methyl sites for hydroxylation is 2. The molecule has 0 aliphatic carbocycles. The summed E-state index contributed by atoms with van der Waals surface area (Å²) < 4.78 is 0. The maximum absolute atomic E-state index is 12.6. The molecule has 3 aromatic rings. The van der Waals surface area contributed by atoms with Gasteiger partial charge in [0.1, 0.15) is 0 Å². The Bertz CT molecular complexity index is 1010. The number of H-pyrrole nitrogens is 1. The van der Waals surface area contributed by atoms with E-state index < -0.39 is 0 Å². The van der Waals surface area contributed by atoms with E-state index in [2.05, 4.69) is 60.5 Å². The van der Waals surface area contributed by atoms with Gasteiger partial charge in [-0.15, -0.1) is 0 Å². The predicted molar refractivity (Wildman–Crippen MR) is 116 cm³/mol. The van der Waals surface area contributed by atoms with Crippen molar-refractivity contribution in [2.45, 2.75) is 33.4 Å². The highest BCUT2D eigenvalue weighted by molar-refractivity contribution is 7.80. The Morgan fingerprint density at radius 3 is 2.44 bits per heavy atom. The van der Waals surface area contributed by atoms with Gasteiger partial charge in [0.05, 0.1) is 6.54 Å². The van der Waals surface area contributed by atoms with E-state index in [0.717, 1.165) is 22.9 Å². The van der Waals surface area contributed by atoms with Gasteiger partial charge >= 0.3 is 0 Å². The maximum atomic E-state index is 12.6. The molecule has 0 bridgehead atoms. The van der Waals surface area contributed by atoms with E-state index in [1.807, 2.05) is 24.1 Å². The van der Waals surface area contributed by atoms with Gasteiger partial charge in [-0.2, -0.15) is 0 Å². The third-order valence-corrected chi connectivity index (χ3v) is 5.21. The van der Waals surface area contributed by atoms with Crippen LogP contribution < -0.4 is 10.9 Å². The molecule has 2 N–H and O–H groups in total. The molecule has 3 rings (SSSR count). The van der Waals surface area contributed by atoms with E-state index in [4.69, 9.17) is 12.2 Å². The molecular formula is C22H25N3OS. The molecule has 0 aliphatic heterocycles. The quantitative estimate of drug-likeness (QED) is 0.660. The van der Waals surface area contributed by atoms with Crippen LogP contribution in [-0.2, 0) is 19.5 Å². The summed E-state index contributed by atoms with van der Waals surface area (Å²) in [4.78, 5) is 17.6. The highest BCUT2D eigenvalue weighted by atomic mass is 32.1. The molecule has 1 heterocycles. The minimum Gasteiger partial charge on any atom is -0.366 e. The second kappa shape index (κ2) is 8.35. The van der Waals surface area contributed by atoms with Gasteiger partial charge in [0.15, 0.2) is 5.11 Å². The molecule has 5 heteroatoms. The van der Waals surface area contributed by atoms with Gasteiger partial charge in [-0.25, -0.2) is 0 Å². The topological polar surface area (TPSA) is 48.1 Å². The summed E-state index contributed by atoms with van der Waals surface area (Å²) in [6.45, 7) is 5.29. The minimum absolute atomic E-state index is 0.0699. The number of rotatable bonds is 5. The Hall–Kier alpha value is -2.66. The molecule has 4 nitrogen and oxygen atoms in total. The normalized spacial score (nSPS) is 10.8. The number of nitrogens with one attached hydrogen (secondary N) is 2. The number of hydrogen-bond acceptors (Lipinski definition) is 2. The van der Waals surface area contributed by atoms with E-state index in [1.165, 1.54) is 11.1 Å². The van der Waals surface area contributed by atoms with Gasteiger partial charge in [-0.3, -0.25) is 4.79 Å². The summed E-state index contributed by atoms with van der Waals surface area (Å²) in [5.41, 5.74) is 5.13.